The van der Waals surface area contributed by atoms with Gasteiger partial charge in [0.1, 0.15) is 6.61 Å². The van der Waals surface area contributed by atoms with Crippen molar-refractivity contribution in [3.05, 3.63) is 23.4 Å². The summed E-state index contributed by atoms with van der Waals surface area (Å²) in [6.45, 7) is 2.29. The van der Waals surface area contributed by atoms with Crippen molar-refractivity contribution in [2.45, 2.75) is 13.5 Å². The Balaban J connectivity index is 2.31. The minimum Gasteiger partial charge on any atom is -0.248 e. The fourth-order valence-corrected chi connectivity index (χ4v) is 2.44. The molecule has 0 bridgehead atoms. The summed E-state index contributed by atoms with van der Waals surface area (Å²) in [5, 5.41) is 0. The molecule has 1 aromatic rings. The highest BCUT2D eigenvalue weighted by atomic mass is 31.2. The van der Waals surface area contributed by atoms with Gasteiger partial charge >= 0.3 is 8.09 Å². The molecule has 1 N–H and O–H groups in total. The minimum atomic E-state index is -2.91. The fraction of sp³-hybridized carbons (Fsp3) is 0.444. The maximum Gasteiger partial charge on any atom is 0.547 e. The number of hydrogen-bond acceptors (Lipinski definition) is 5. The Labute approximate surface area is 89.3 Å². The molecule has 1 atom stereocenters. The number of aryl methyl sites for hydroxylation is 1. The first-order valence-electron chi connectivity index (χ1n) is 4.60. The fourth-order valence-electron chi connectivity index (χ4n) is 1.29. The van der Waals surface area contributed by atoms with Gasteiger partial charge in [-0.05, 0) is 18.6 Å². The number of fused-ring (bicyclic) bond motifs is 1. The highest BCUT2D eigenvalue weighted by Gasteiger charge is 2.51. The predicted molar refractivity (Wildman–Crippen MR) is 57.2 cm³/mol. The number of rotatable bonds is 1. The van der Waals surface area contributed by atoms with Gasteiger partial charge in [0.2, 0.25) is 0 Å². The van der Waals surface area contributed by atoms with Gasteiger partial charge < -0.3 is 0 Å². The summed E-state index contributed by atoms with van der Waals surface area (Å²) in [5.41, 5.74) is 1.93. The first kappa shape index (κ1) is 10.8. The lowest BCUT2D eigenvalue weighted by atomic mass is 10.2. The van der Waals surface area contributed by atoms with Crippen molar-refractivity contribution in [2.24, 2.45) is 0 Å². The summed E-state index contributed by atoms with van der Waals surface area (Å²) in [4.78, 5) is 14.2. The summed E-state index contributed by atoms with van der Waals surface area (Å²) < 4.78 is 12.3. The van der Waals surface area contributed by atoms with Gasteiger partial charge in [-0.3, -0.25) is 0 Å². The first-order chi connectivity index (χ1) is 7.01. The molecule has 2 rings (SSSR count). The van der Waals surface area contributed by atoms with Crippen LogP contribution < -0.4 is 4.52 Å². The van der Waals surface area contributed by atoms with Gasteiger partial charge in [0.25, 0.3) is 5.88 Å². The molecule has 82 valence electrons. The maximum atomic E-state index is 10.0. The van der Waals surface area contributed by atoms with Gasteiger partial charge in [-0.2, -0.15) is 9.42 Å². The average Bonchev–Trinajstić information content (AvgIpc) is 2.18. The van der Waals surface area contributed by atoms with Crippen LogP contribution in [-0.4, -0.2) is 28.6 Å². The molecule has 1 unspecified atom stereocenters. The Morgan fingerprint density at radius 1 is 1.53 bits per heavy atom. The lowest BCUT2D eigenvalue weighted by Gasteiger charge is -2.25. The van der Waals surface area contributed by atoms with Crippen molar-refractivity contribution in [1.29, 1.82) is 0 Å². The third-order valence-electron chi connectivity index (χ3n) is 2.16. The number of nitrogens with zero attached hydrogens (tertiary/aromatic N) is 2. The summed E-state index contributed by atoms with van der Waals surface area (Å²) in [5.74, 6) is 0.469. The van der Waals surface area contributed by atoms with E-state index in [-0.39, 0.29) is 0 Å². The Bertz CT molecular complexity index is 386. The van der Waals surface area contributed by atoms with E-state index < -0.39 is 8.09 Å². The first-order valence-corrected chi connectivity index (χ1v) is 6.13. The Morgan fingerprint density at radius 2 is 2.27 bits per heavy atom. The highest BCUT2D eigenvalue weighted by molar-refractivity contribution is 7.58. The molecule has 1 aliphatic heterocycles. The van der Waals surface area contributed by atoms with Crippen LogP contribution in [-0.2, 0) is 11.1 Å². The second-order valence-electron chi connectivity index (χ2n) is 3.68. The van der Waals surface area contributed by atoms with Crippen LogP contribution in [0.25, 0.3) is 0 Å². The van der Waals surface area contributed by atoms with Crippen molar-refractivity contribution in [3.63, 3.8) is 0 Å². The van der Waals surface area contributed by atoms with E-state index in [0.29, 0.717) is 12.5 Å². The van der Waals surface area contributed by atoms with Gasteiger partial charge in [0.05, 0.1) is 5.56 Å². The van der Waals surface area contributed by atoms with Crippen LogP contribution in [0, 0.1) is 6.92 Å². The monoisotopic (exact) mass is 229 g/mol. The molecule has 15 heavy (non-hydrogen) atoms. The molecule has 5 nitrogen and oxygen atoms in total. The third-order valence-corrected chi connectivity index (χ3v) is 4.05. The smallest absolute Gasteiger partial charge is 0.248 e. The van der Waals surface area contributed by atoms with Crippen LogP contribution >= 0.6 is 8.09 Å². The van der Waals surface area contributed by atoms with E-state index >= 15 is 0 Å². The zero-order chi connectivity index (χ0) is 11.1. The molecular weight excluding hydrogens is 215 g/mol. The van der Waals surface area contributed by atoms with E-state index in [4.69, 9.17) is 9.05 Å². The topological polar surface area (TPSA) is 54.8 Å². The van der Waals surface area contributed by atoms with E-state index in [1.165, 1.54) is 0 Å². The van der Waals surface area contributed by atoms with Crippen LogP contribution in [0.4, 0.5) is 0 Å². The molecule has 0 saturated heterocycles. The molecule has 1 aromatic heterocycles. The number of hydrogen-bond donors (Lipinski definition) is 1. The molecule has 1 aliphatic rings. The highest BCUT2D eigenvalue weighted by Crippen LogP contribution is 2.61. The van der Waals surface area contributed by atoms with Crippen LogP contribution in [0.1, 0.15) is 11.1 Å². The van der Waals surface area contributed by atoms with E-state index in [2.05, 4.69) is 4.98 Å². The van der Waals surface area contributed by atoms with Gasteiger partial charge in [0, 0.05) is 20.3 Å². The third kappa shape index (κ3) is 1.96. The predicted octanol–water partition coefficient (Wildman–Crippen LogP) is 1.53. The van der Waals surface area contributed by atoms with E-state index in [0.717, 1.165) is 11.1 Å². The molecule has 0 amide bonds. The van der Waals surface area contributed by atoms with Crippen LogP contribution in [0.15, 0.2) is 12.3 Å². The standard InChI is InChI=1S/C9H14N2O3P/c1-7-4-8-6-13-15(12,11(2)3)14-9(8)10-5-7/h4-5,12H,6H2,1-3H3/q+1. The van der Waals surface area contributed by atoms with Gasteiger partial charge in [-0.15, -0.1) is 4.67 Å². The zero-order valence-electron chi connectivity index (χ0n) is 8.97. The molecule has 0 radical (unpaired) electrons. The number of pyridine rings is 1. The summed E-state index contributed by atoms with van der Waals surface area (Å²) in [6.07, 6.45) is 1.71. The van der Waals surface area contributed by atoms with E-state index in [9.17, 15) is 4.89 Å². The normalized spacial score (nSPS) is 24.9. The van der Waals surface area contributed by atoms with Crippen molar-refractivity contribution < 1.29 is 13.9 Å². The second kappa shape index (κ2) is 3.68. The van der Waals surface area contributed by atoms with Crippen molar-refractivity contribution in [2.75, 3.05) is 14.1 Å². The Morgan fingerprint density at radius 3 is 2.93 bits per heavy atom. The Hall–Kier alpha value is -0.740. The molecule has 0 aliphatic carbocycles. The Kier molecular flexibility index (Phi) is 2.64. The quantitative estimate of drug-likeness (QED) is 0.740. The molecule has 0 fully saturated rings. The molecule has 6 heteroatoms. The zero-order valence-corrected chi connectivity index (χ0v) is 9.86. The maximum absolute atomic E-state index is 10.0. The van der Waals surface area contributed by atoms with Crippen LogP contribution in [0.3, 0.4) is 0 Å². The molecule has 0 saturated carbocycles. The summed E-state index contributed by atoms with van der Waals surface area (Å²) in [7, 11) is 0.518. The van der Waals surface area contributed by atoms with Crippen molar-refractivity contribution in [1.82, 2.24) is 9.65 Å². The molecule has 0 spiro atoms. The van der Waals surface area contributed by atoms with E-state index in [1.54, 1.807) is 25.0 Å². The SMILES string of the molecule is Cc1cnc2c(c1)CO[P+](O)(N(C)C)O2. The van der Waals surface area contributed by atoms with Crippen LogP contribution in [0.5, 0.6) is 5.88 Å². The molecule has 2 heterocycles. The van der Waals surface area contributed by atoms with E-state index in [1.807, 2.05) is 13.0 Å². The van der Waals surface area contributed by atoms with Crippen molar-refractivity contribution in [3.8, 4) is 5.88 Å². The number of aromatic nitrogens is 1. The summed E-state index contributed by atoms with van der Waals surface area (Å²) in [6, 6.07) is 1.95. The lowest BCUT2D eigenvalue weighted by Crippen LogP contribution is -2.24. The largest absolute Gasteiger partial charge is 0.547 e. The lowest BCUT2D eigenvalue weighted by molar-refractivity contribution is 0.163. The van der Waals surface area contributed by atoms with Gasteiger partial charge in [0.15, 0.2) is 0 Å². The van der Waals surface area contributed by atoms with Gasteiger partial charge in [-0.25, -0.2) is 9.51 Å². The van der Waals surface area contributed by atoms with Gasteiger partial charge in [-0.1, -0.05) is 0 Å². The molecule has 0 aromatic carbocycles. The summed E-state index contributed by atoms with van der Waals surface area (Å²) >= 11 is 0. The second-order valence-corrected chi connectivity index (χ2v) is 5.90. The minimum absolute atomic E-state index is 0.340. The average molecular weight is 229 g/mol. The molecular formula is C9H14N2O3P+. The van der Waals surface area contributed by atoms with Crippen LogP contribution in [0.2, 0.25) is 0 Å². The van der Waals surface area contributed by atoms with Crippen molar-refractivity contribution >= 4 is 8.09 Å².